The number of benzene rings is 1. The Kier molecular flexibility index (Phi) is 3.84. The van der Waals surface area contributed by atoms with Crippen LogP contribution in [0.1, 0.15) is 23.2 Å². The molecule has 3 atom stereocenters. The van der Waals surface area contributed by atoms with Crippen molar-refractivity contribution in [2.75, 3.05) is 7.11 Å². The lowest BCUT2D eigenvalue weighted by Gasteiger charge is -2.18. The highest BCUT2D eigenvalue weighted by Crippen LogP contribution is 2.22. The summed E-state index contributed by atoms with van der Waals surface area (Å²) in [5, 5.41) is 21.8. The van der Waals surface area contributed by atoms with Gasteiger partial charge in [-0.3, -0.25) is 4.79 Å². The molecular formula is C13H17NO4. The molecule has 98 valence electrons. The molecule has 1 amide bonds. The van der Waals surface area contributed by atoms with E-state index in [2.05, 4.69) is 5.32 Å². The Bertz CT molecular complexity index is 435. The van der Waals surface area contributed by atoms with Gasteiger partial charge in [-0.15, -0.1) is 0 Å². The normalized spacial score (nSPS) is 26.9. The van der Waals surface area contributed by atoms with Gasteiger partial charge in [0.15, 0.2) is 0 Å². The van der Waals surface area contributed by atoms with Gasteiger partial charge in [-0.05, 0) is 25.0 Å². The Hall–Kier alpha value is -1.59. The van der Waals surface area contributed by atoms with Crippen molar-refractivity contribution in [2.45, 2.75) is 31.1 Å². The average Bonchev–Trinajstić information content (AvgIpc) is 2.70. The van der Waals surface area contributed by atoms with E-state index in [0.29, 0.717) is 24.2 Å². The lowest BCUT2D eigenvalue weighted by atomic mass is 10.1. The van der Waals surface area contributed by atoms with Crippen molar-refractivity contribution in [1.29, 1.82) is 0 Å². The van der Waals surface area contributed by atoms with Gasteiger partial charge in [0, 0.05) is 0 Å². The third-order valence-corrected chi connectivity index (χ3v) is 3.25. The van der Waals surface area contributed by atoms with Crippen LogP contribution in [0.2, 0.25) is 0 Å². The highest BCUT2D eigenvalue weighted by molar-refractivity contribution is 5.97. The molecule has 18 heavy (non-hydrogen) atoms. The molecule has 1 aliphatic carbocycles. The zero-order chi connectivity index (χ0) is 13.1. The highest BCUT2D eigenvalue weighted by atomic mass is 16.5. The maximum Gasteiger partial charge on any atom is 0.255 e. The van der Waals surface area contributed by atoms with Crippen molar-refractivity contribution >= 4 is 5.91 Å². The van der Waals surface area contributed by atoms with Gasteiger partial charge in [0.25, 0.3) is 5.91 Å². The number of carbonyl (C=O) groups excluding carboxylic acids is 1. The van der Waals surface area contributed by atoms with E-state index in [0.717, 1.165) is 0 Å². The fourth-order valence-corrected chi connectivity index (χ4v) is 2.20. The Morgan fingerprint density at radius 2 is 2.06 bits per heavy atom. The molecule has 5 nitrogen and oxygen atoms in total. The number of hydrogen-bond donors (Lipinski definition) is 3. The van der Waals surface area contributed by atoms with E-state index in [9.17, 15) is 15.0 Å². The Balaban J connectivity index is 2.08. The monoisotopic (exact) mass is 251 g/mol. The standard InChI is InChI=1S/C13H17NO4/c1-18-11-5-3-2-4-8(11)13(17)14-9-6-7-10(15)12(9)16/h2-5,9-10,12,15-16H,6-7H2,1H3,(H,14,17)/t9-,10-,12-/m1/s1. The van der Waals surface area contributed by atoms with Crippen LogP contribution in [-0.4, -0.2) is 41.5 Å². The van der Waals surface area contributed by atoms with E-state index in [1.165, 1.54) is 7.11 Å². The summed E-state index contributed by atoms with van der Waals surface area (Å²) in [6.07, 6.45) is -0.585. The van der Waals surface area contributed by atoms with E-state index >= 15 is 0 Å². The van der Waals surface area contributed by atoms with Gasteiger partial charge in [-0.1, -0.05) is 12.1 Å². The number of aliphatic hydroxyl groups is 2. The number of hydrogen-bond acceptors (Lipinski definition) is 4. The van der Waals surface area contributed by atoms with Crippen LogP contribution in [0.5, 0.6) is 5.75 Å². The minimum atomic E-state index is -0.899. The van der Waals surface area contributed by atoms with Crippen LogP contribution >= 0.6 is 0 Å². The summed E-state index contributed by atoms with van der Waals surface area (Å²) < 4.78 is 5.11. The maximum absolute atomic E-state index is 12.0. The zero-order valence-electron chi connectivity index (χ0n) is 10.2. The van der Waals surface area contributed by atoms with E-state index in [-0.39, 0.29) is 5.91 Å². The minimum Gasteiger partial charge on any atom is -0.496 e. The second-order valence-corrected chi connectivity index (χ2v) is 4.42. The first-order chi connectivity index (χ1) is 8.63. The molecule has 0 spiro atoms. The van der Waals surface area contributed by atoms with Gasteiger partial charge in [-0.2, -0.15) is 0 Å². The van der Waals surface area contributed by atoms with Crippen molar-refractivity contribution in [3.8, 4) is 5.75 Å². The van der Waals surface area contributed by atoms with Crippen molar-refractivity contribution < 1.29 is 19.7 Å². The minimum absolute atomic E-state index is 0.300. The molecule has 0 aliphatic heterocycles. The van der Waals surface area contributed by atoms with Crippen molar-refractivity contribution in [2.24, 2.45) is 0 Å². The van der Waals surface area contributed by atoms with Gasteiger partial charge in [0.1, 0.15) is 11.9 Å². The van der Waals surface area contributed by atoms with Gasteiger partial charge >= 0.3 is 0 Å². The summed E-state index contributed by atoms with van der Waals surface area (Å²) in [4.78, 5) is 12.0. The Labute approximate surface area is 105 Å². The molecule has 2 rings (SSSR count). The summed E-state index contributed by atoms with van der Waals surface area (Å²) in [6, 6.07) is 6.49. The molecular weight excluding hydrogens is 234 g/mol. The molecule has 0 aromatic heterocycles. The Morgan fingerprint density at radius 3 is 2.67 bits per heavy atom. The summed E-state index contributed by atoms with van der Waals surface area (Å²) in [6.45, 7) is 0. The van der Waals surface area contributed by atoms with Crippen molar-refractivity contribution in [3.63, 3.8) is 0 Å². The molecule has 5 heteroatoms. The molecule has 1 fully saturated rings. The highest BCUT2D eigenvalue weighted by Gasteiger charge is 2.34. The number of para-hydroxylation sites is 1. The largest absolute Gasteiger partial charge is 0.496 e. The van der Waals surface area contributed by atoms with Crippen LogP contribution in [0.3, 0.4) is 0 Å². The average molecular weight is 251 g/mol. The second kappa shape index (κ2) is 5.37. The number of nitrogens with one attached hydrogen (secondary N) is 1. The Morgan fingerprint density at radius 1 is 1.33 bits per heavy atom. The number of rotatable bonds is 3. The van der Waals surface area contributed by atoms with Crippen molar-refractivity contribution in [3.05, 3.63) is 29.8 Å². The van der Waals surface area contributed by atoms with Gasteiger partial charge in [-0.25, -0.2) is 0 Å². The molecule has 0 unspecified atom stereocenters. The summed E-state index contributed by atoms with van der Waals surface area (Å²) >= 11 is 0. The van der Waals surface area contributed by atoms with Gasteiger partial charge in [0.05, 0.1) is 24.8 Å². The van der Waals surface area contributed by atoms with Gasteiger partial charge < -0.3 is 20.3 Å². The number of ether oxygens (including phenoxy) is 1. The number of aliphatic hydroxyl groups excluding tert-OH is 2. The number of carbonyl (C=O) groups is 1. The SMILES string of the molecule is COc1ccccc1C(=O)N[C@@H]1CC[C@@H](O)[C@@H]1O. The molecule has 1 aromatic rings. The van der Waals surface area contributed by atoms with E-state index in [4.69, 9.17) is 4.74 Å². The number of amides is 1. The smallest absolute Gasteiger partial charge is 0.255 e. The lowest BCUT2D eigenvalue weighted by molar-refractivity contribution is 0.0296. The van der Waals surface area contributed by atoms with Crippen LogP contribution in [-0.2, 0) is 0 Å². The summed E-state index contributed by atoms with van der Waals surface area (Å²) in [7, 11) is 1.50. The predicted octanol–water partition coefficient (Wildman–Crippen LogP) is 0.309. The molecule has 1 aliphatic rings. The summed E-state index contributed by atoms with van der Waals surface area (Å²) in [5.41, 5.74) is 0.425. The van der Waals surface area contributed by atoms with E-state index in [1.54, 1.807) is 24.3 Å². The maximum atomic E-state index is 12.0. The molecule has 0 radical (unpaired) electrons. The summed E-state index contributed by atoms with van der Waals surface area (Å²) in [5.74, 6) is 0.189. The predicted molar refractivity (Wildman–Crippen MR) is 65.5 cm³/mol. The quantitative estimate of drug-likeness (QED) is 0.722. The molecule has 1 saturated carbocycles. The third kappa shape index (κ3) is 2.47. The lowest BCUT2D eigenvalue weighted by Crippen LogP contribution is -2.43. The van der Waals surface area contributed by atoms with Crippen LogP contribution in [0.4, 0.5) is 0 Å². The molecule has 0 heterocycles. The molecule has 3 N–H and O–H groups in total. The fraction of sp³-hybridized carbons (Fsp3) is 0.462. The fourth-order valence-electron chi connectivity index (χ4n) is 2.20. The first-order valence-electron chi connectivity index (χ1n) is 5.93. The third-order valence-electron chi connectivity index (χ3n) is 3.25. The van der Waals surface area contributed by atoms with Gasteiger partial charge in [0.2, 0.25) is 0 Å². The zero-order valence-corrected chi connectivity index (χ0v) is 10.2. The topological polar surface area (TPSA) is 78.8 Å². The molecule has 0 saturated heterocycles. The first kappa shape index (κ1) is 12.9. The van der Waals surface area contributed by atoms with Crippen molar-refractivity contribution in [1.82, 2.24) is 5.32 Å². The van der Waals surface area contributed by atoms with E-state index in [1.807, 2.05) is 0 Å². The van der Waals surface area contributed by atoms with Crippen LogP contribution in [0, 0.1) is 0 Å². The molecule has 1 aromatic carbocycles. The molecule has 0 bridgehead atoms. The number of methoxy groups -OCH3 is 1. The van der Waals surface area contributed by atoms with Crippen LogP contribution in [0.25, 0.3) is 0 Å². The van der Waals surface area contributed by atoms with Crippen LogP contribution < -0.4 is 10.1 Å². The first-order valence-corrected chi connectivity index (χ1v) is 5.93. The van der Waals surface area contributed by atoms with E-state index < -0.39 is 18.2 Å². The second-order valence-electron chi connectivity index (χ2n) is 4.42. The van der Waals surface area contributed by atoms with Crippen LogP contribution in [0.15, 0.2) is 24.3 Å².